The molecule has 0 amide bonds. The quantitative estimate of drug-likeness (QED) is 0.493. The van der Waals surface area contributed by atoms with E-state index in [1.807, 2.05) is 13.8 Å². The maximum absolute atomic E-state index is 13.2. The van der Waals surface area contributed by atoms with Crippen molar-refractivity contribution in [3.05, 3.63) is 12.2 Å². The van der Waals surface area contributed by atoms with E-state index in [0.29, 0.717) is 24.3 Å². The molecule has 2 unspecified atom stereocenters. The molecule has 152 valence electrons. The summed E-state index contributed by atoms with van der Waals surface area (Å²) >= 11 is 0. The SMILES string of the molecule is C=C(C)C(=O)OC(C)(C)C12CC3CC(CC(COC(=O)C(C)(F)F)(C3)C1)C2. The lowest BCUT2D eigenvalue weighted by atomic mass is 9.41. The molecule has 0 spiro atoms. The normalized spacial score (nSPS) is 35.0. The third-order valence-corrected chi connectivity index (χ3v) is 7.02. The molecule has 2 atom stereocenters. The zero-order valence-corrected chi connectivity index (χ0v) is 16.7. The topological polar surface area (TPSA) is 52.6 Å². The maximum Gasteiger partial charge on any atom is 0.376 e. The fourth-order valence-electron chi connectivity index (χ4n) is 6.10. The Kier molecular flexibility index (Phi) is 4.72. The molecule has 27 heavy (non-hydrogen) atoms. The smallest absolute Gasteiger partial charge is 0.376 e. The van der Waals surface area contributed by atoms with Gasteiger partial charge in [0.1, 0.15) is 5.60 Å². The van der Waals surface area contributed by atoms with Crippen LogP contribution in [0, 0.1) is 22.7 Å². The highest BCUT2D eigenvalue weighted by Gasteiger charge is 2.64. The number of hydrogen-bond donors (Lipinski definition) is 0. The first-order valence-electron chi connectivity index (χ1n) is 9.72. The first-order valence-corrected chi connectivity index (χ1v) is 9.72. The monoisotopic (exact) mass is 384 g/mol. The van der Waals surface area contributed by atoms with Crippen molar-refractivity contribution in [2.24, 2.45) is 22.7 Å². The maximum atomic E-state index is 13.2. The number of carbonyl (C=O) groups excluding carboxylic acids is 2. The van der Waals surface area contributed by atoms with Crippen LogP contribution in [0.5, 0.6) is 0 Å². The first-order chi connectivity index (χ1) is 12.3. The van der Waals surface area contributed by atoms with Gasteiger partial charge in [0.05, 0.1) is 6.61 Å². The van der Waals surface area contributed by atoms with E-state index in [9.17, 15) is 18.4 Å². The summed E-state index contributed by atoms with van der Waals surface area (Å²) in [5.41, 5.74) is -0.840. The van der Waals surface area contributed by atoms with Crippen LogP contribution in [0.4, 0.5) is 8.78 Å². The molecule has 4 nitrogen and oxygen atoms in total. The summed E-state index contributed by atoms with van der Waals surface area (Å²) < 4.78 is 37.3. The van der Waals surface area contributed by atoms with Crippen molar-refractivity contribution in [2.75, 3.05) is 6.61 Å². The Morgan fingerprint density at radius 3 is 2.15 bits per heavy atom. The molecule has 4 aliphatic rings. The molecule has 0 N–H and O–H groups in total. The summed E-state index contributed by atoms with van der Waals surface area (Å²) in [7, 11) is 0. The van der Waals surface area contributed by atoms with Crippen LogP contribution in [0.2, 0.25) is 0 Å². The first kappa shape index (κ1) is 20.3. The predicted octanol–water partition coefficient (Wildman–Crippen LogP) is 4.67. The van der Waals surface area contributed by atoms with Crippen LogP contribution >= 0.6 is 0 Å². The number of ether oxygens (including phenoxy) is 2. The lowest BCUT2D eigenvalue weighted by molar-refractivity contribution is -0.222. The molecular formula is C21H30F2O4. The molecule has 6 heteroatoms. The van der Waals surface area contributed by atoms with Gasteiger partial charge in [0.15, 0.2) is 0 Å². The third kappa shape index (κ3) is 3.64. The van der Waals surface area contributed by atoms with Gasteiger partial charge in [-0.05, 0) is 71.1 Å². The van der Waals surface area contributed by atoms with Crippen LogP contribution in [0.3, 0.4) is 0 Å². The van der Waals surface area contributed by atoms with Crippen LogP contribution in [-0.4, -0.2) is 30.1 Å². The number of alkyl halides is 2. The lowest BCUT2D eigenvalue weighted by Gasteiger charge is -2.65. The van der Waals surface area contributed by atoms with E-state index in [-0.39, 0.29) is 17.4 Å². The van der Waals surface area contributed by atoms with Gasteiger partial charge in [0, 0.05) is 23.3 Å². The van der Waals surface area contributed by atoms with E-state index in [1.54, 1.807) is 6.92 Å². The molecule has 0 radical (unpaired) electrons. The van der Waals surface area contributed by atoms with Crippen LogP contribution in [0.15, 0.2) is 12.2 Å². The lowest BCUT2D eigenvalue weighted by Crippen LogP contribution is -2.61. The zero-order chi connectivity index (χ0) is 20.3. The van der Waals surface area contributed by atoms with Gasteiger partial charge in [-0.3, -0.25) is 0 Å². The molecule has 0 saturated heterocycles. The molecule has 0 aliphatic heterocycles. The van der Waals surface area contributed by atoms with Crippen LogP contribution in [0.1, 0.15) is 66.2 Å². The highest BCUT2D eigenvalue weighted by atomic mass is 19.3. The minimum absolute atomic E-state index is 0.0223. The molecule has 4 fully saturated rings. The van der Waals surface area contributed by atoms with Crippen LogP contribution < -0.4 is 0 Å². The van der Waals surface area contributed by atoms with Crippen molar-refractivity contribution < 1.29 is 27.8 Å². The Balaban J connectivity index is 1.81. The van der Waals surface area contributed by atoms with Gasteiger partial charge in [0.2, 0.25) is 0 Å². The average Bonchev–Trinajstić information content (AvgIpc) is 2.49. The van der Waals surface area contributed by atoms with Crippen molar-refractivity contribution >= 4 is 11.9 Å². The minimum Gasteiger partial charge on any atom is -0.461 e. The average molecular weight is 384 g/mol. The second kappa shape index (κ2) is 6.28. The van der Waals surface area contributed by atoms with E-state index >= 15 is 0 Å². The highest BCUT2D eigenvalue weighted by molar-refractivity contribution is 5.87. The van der Waals surface area contributed by atoms with Crippen molar-refractivity contribution in [2.45, 2.75) is 77.7 Å². The van der Waals surface area contributed by atoms with E-state index < -0.39 is 23.5 Å². The molecule has 4 saturated carbocycles. The predicted molar refractivity (Wildman–Crippen MR) is 96.1 cm³/mol. The Morgan fingerprint density at radius 1 is 1.11 bits per heavy atom. The van der Waals surface area contributed by atoms with Gasteiger partial charge in [-0.25, -0.2) is 9.59 Å². The molecule has 0 aromatic rings. The van der Waals surface area contributed by atoms with Crippen molar-refractivity contribution in [3.8, 4) is 0 Å². The van der Waals surface area contributed by atoms with Gasteiger partial charge < -0.3 is 9.47 Å². The Bertz CT molecular complexity index is 648. The van der Waals surface area contributed by atoms with E-state index in [1.165, 1.54) is 0 Å². The summed E-state index contributed by atoms with van der Waals surface area (Å²) in [5, 5.41) is 0. The fraction of sp³-hybridized carbons (Fsp3) is 0.810. The molecule has 4 bridgehead atoms. The molecule has 4 rings (SSSR count). The van der Waals surface area contributed by atoms with Crippen molar-refractivity contribution in [3.63, 3.8) is 0 Å². The Hall–Kier alpha value is -1.46. The number of esters is 2. The molecule has 0 aromatic heterocycles. The largest absolute Gasteiger partial charge is 0.461 e. The third-order valence-electron chi connectivity index (χ3n) is 7.02. The van der Waals surface area contributed by atoms with Crippen LogP contribution in [0.25, 0.3) is 0 Å². The van der Waals surface area contributed by atoms with Gasteiger partial charge in [-0.1, -0.05) is 6.58 Å². The molecule has 0 aromatic carbocycles. The summed E-state index contributed by atoms with van der Waals surface area (Å²) in [6.07, 6.45) is 5.54. The Labute approximate surface area is 159 Å². The van der Waals surface area contributed by atoms with E-state index in [0.717, 1.165) is 38.5 Å². The van der Waals surface area contributed by atoms with Crippen molar-refractivity contribution in [1.29, 1.82) is 0 Å². The zero-order valence-electron chi connectivity index (χ0n) is 16.7. The molecule has 0 heterocycles. The number of halogens is 2. The summed E-state index contributed by atoms with van der Waals surface area (Å²) in [6, 6.07) is 0. The van der Waals surface area contributed by atoms with Gasteiger partial charge >= 0.3 is 17.9 Å². The van der Waals surface area contributed by atoms with Gasteiger partial charge in [-0.15, -0.1) is 0 Å². The summed E-state index contributed by atoms with van der Waals surface area (Å²) in [4.78, 5) is 23.8. The second-order valence-corrected chi connectivity index (χ2v) is 9.89. The fourth-order valence-corrected chi connectivity index (χ4v) is 6.10. The number of hydrogen-bond acceptors (Lipinski definition) is 4. The number of carbonyl (C=O) groups is 2. The number of rotatable bonds is 6. The summed E-state index contributed by atoms with van der Waals surface area (Å²) in [5.74, 6) is -4.43. The minimum atomic E-state index is -3.48. The Morgan fingerprint density at radius 2 is 1.67 bits per heavy atom. The van der Waals surface area contributed by atoms with E-state index in [2.05, 4.69) is 6.58 Å². The van der Waals surface area contributed by atoms with Gasteiger partial charge in [0.25, 0.3) is 0 Å². The summed E-state index contributed by atoms with van der Waals surface area (Å²) in [6.45, 7) is 9.78. The van der Waals surface area contributed by atoms with E-state index in [4.69, 9.17) is 9.47 Å². The van der Waals surface area contributed by atoms with Crippen LogP contribution in [-0.2, 0) is 19.1 Å². The van der Waals surface area contributed by atoms with Gasteiger partial charge in [-0.2, -0.15) is 8.78 Å². The highest BCUT2D eigenvalue weighted by Crippen LogP contribution is 2.68. The second-order valence-electron chi connectivity index (χ2n) is 9.89. The standard InChI is InChI=1S/C21H30F2O4/c1-13(2)16(24)27-18(3,4)21-9-14-6-15(10-21)8-20(7-14,11-21)12-26-17(25)19(5,22)23/h14-15H,1,6-12H2,2-5H3. The molecular weight excluding hydrogens is 354 g/mol. The molecule has 4 aliphatic carbocycles. The van der Waals surface area contributed by atoms with Crippen molar-refractivity contribution in [1.82, 2.24) is 0 Å².